The van der Waals surface area contributed by atoms with Gasteiger partial charge in [0, 0.05) is 25.4 Å². The number of likely N-dealkylation sites (tertiary alicyclic amines) is 1. The Kier molecular flexibility index (Phi) is 4.40. The Hall–Kier alpha value is -0.870. The summed E-state index contributed by atoms with van der Waals surface area (Å²) in [6.07, 6.45) is 5.22. The van der Waals surface area contributed by atoms with Crippen molar-refractivity contribution in [1.82, 2.24) is 4.90 Å². The van der Waals surface area contributed by atoms with Gasteiger partial charge in [-0.05, 0) is 26.2 Å². The van der Waals surface area contributed by atoms with Crippen LogP contribution in [0.25, 0.3) is 0 Å². The van der Waals surface area contributed by atoms with Gasteiger partial charge in [0.2, 0.25) is 5.91 Å². The molecule has 1 unspecified atom stereocenters. The predicted molar refractivity (Wildman–Crippen MR) is 69.0 cm³/mol. The number of carbonyl (C=O) groups excluding carboxylic acids is 1. The maximum Gasteiger partial charge on any atom is 0.222 e. The first-order valence-corrected chi connectivity index (χ1v) is 6.82. The number of ether oxygens (including phenoxy) is 2. The van der Waals surface area contributed by atoms with Crippen LogP contribution in [0.3, 0.4) is 0 Å². The van der Waals surface area contributed by atoms with Crippen LogP contribution >= 0.6 is 0 Å². The van der Waals surface area contributed by atoms with Gasteiger partial charge in [0.25, 0.3) is 0 Å². The Morgan fingerprint density at radius 1 is 1.50 bits per heavy atom. The maximum absolute atomic E-state index is 12.0. The molecule has 2 aliphatic rings. The molecule has 0 radical (unpaired) electrons. The van der Waals surface area contributed by atoms with E-state index in [9.17, 15) is 4.79 Å². The van der Waals surface area contributed by atoms with Crippen LogP contribution in [0, 0.1) is 5.92 Å². The molecule has 4 nitrogen and oxygen atoms in total. The molecule has 2 saturated heterocycles. The molecule has 0 bridgehead atoms. The molecule has 0 aliphatic carbocycles. The summed E-state index contributed by atoms with van der Waals surface area (Å²) >= 11 is 0. The molecule has 102 valence electrons. The molecule has 0 spiro atoms. The van der Waals surface area contributed by atoms with Gasteiger partial charge in [-0.1, -0.05) is 6.08 Å². The van der Waals surface area contributed by atoms with Crippen molar-refractivity contribution in [2.75, 3.05) is 26.3 Å². The van der Waals surface area contributed by atoms with Crippen molar-refractivity contribution < 1.29 is 14.3 Å². The first-order chi connectivity index (χ1) is 8.65. The van der Waals surface area contributed by atoms with Gasteiger partial charge in [-0.2, -0.15) is 0 Å². The highest BCUT2D eigenvalue weighted by Gasteiger charge is 2.42. The summed E-state index contributed by atoms with van der Waals surface area (Å²) in [7, 11) is 0. The highest BCUT2D eigenvalue weighted by molar-refractivity contribution is 5.76. The maximum atomic E-state index is 12.0. The van der Waals surface area contributed by atoms with Crippen LogP contribution in [-0.2, 0) is 14.3 Å². The third kappa shape index (κ3) is 2.93. The number of allylic oxidation sites excluding steroid dienone is 1. The van der Waals surface area contributed by atoms with Crippen molar-refractivity contribution in [3.63, 3.8) is 0 Å². The molecule has 2 aliphatic heterocycles. The lowest BCUT2D eigenvalue weighted by molar-refractivity contribution is -0.193. The quantitative estimate of drug-likeness (QED) is 0.719. The average Bonchev–Trinajstić information content (AvgIpc) is 2.84. The molecule has 4 heteroatoms. The van der Waals surface area contributed by atoms with Crippen molar-refractivity contribution in [3.8, 4) is 0 Å². The third-order valence-corrected chi connectivity index (χ3v) is 3.94. The Bertz CT molecular complexity index is 310. The zero-order valence-electron chi connectivity index (χ0n) is 11.2. The van der Waals surface area contributed by atoms with Crippen molar-refractivity contribution in [2.24, 2.45) is 5.92 Å². The fourth-order valence-electron chi connectivity index (χ4n) is 2.78. The topological polar surface area (TPSA) is 38.8 Å². The monoisotopic (exact) mass is 253 g/mol. The summed E-state index contributed by atoms with van der Waals surface area (Å²) in [4.78, 5) is 14.0. The van der Waals surface area contributed by atoms with Gasteiger partial charge in [-0.3, -0.25) is 4.79 Å². The predicted octanol–water partition coefficient (Wildman–Crippen LogP) is 1.95. The summed E-state index contributed by atoms with van der Waals surface area (Å²) in [5, 5.41) is 0. The molecule has 2 fully saturated rings. The van der Waals surface area contributed by atoms with Crippen LogP contribution in [0.5, 0.6) is 0 Å². The molecular weight excluding hydrogens is 230 g/mol. The second-order valence-electron chi connectivity index (χ2n) is 5.22. The highest BCUT2D eigenvalue weighted by atomic mass is 16.7. The first kappa shape index (κ1) is 13.6. The lowest BCUT2D eigenvalue weighted by atomic mass is 9.90. The number of hydrogen-bond donors (Lipinski definition) is 0. The van der Waals surface area contributed by atoms with Gasteiger partial charge in [0.1, 0.15) is 0 Å². The second kappa shape index (κ2) is 5.85. The lowest BCUT2D eigenvalue weighted by Crippen LogP contribution is -2.48. The van der Waals surface area contributed by atoms with E-state index in [1.807, 2.05) is 11.8 Å². The minimum Gasteiger partial charge on any atom is -0.347 e. The minimum atomic E-state index is -0.489. The van der Waals surface area contributed by atoms with Gasteiger partial charge in [0.15, 0.2) is 5.79 Å². The number of hydrogen-bond acceptors (Lipinski definition) is 3. The zero-order valence-corrected chi connectivity index (χ0v) is 11.2. The van der Waals surface area contributed by atoms with Crippen LogP contribution in [0.2, 0.25) is 0 Å². The molecule has 1 atom stereocenters. The molecule has 1 amide bonds. The minimum absolute atomic E-state index is 0.223. The van der Waals surface area contributed by atoms with Crippen molar-refractivity contribution in [2.45, 2.75) is 38.4 Å². The number of nitrogens with zero attached hydrogens (tertiary/aromatic N) is 1. The smallest absolute Gasteiger partial charge is 0.222 e. The van der Waals surface area contributed by atoms with Crippen LogP contribution in [0.15, 0.2) is 12.7 Å². The molecule has 2 heterocycles. The average molecular weight is 253 g/mol. The van der Waals surface area contributed by atoms with Gasteiger partial charge in [-0.15, -0.1) is 6.58 Å². The van der Waals surface area contributed by atoms with Crippen LogP contribution in [0.4, 0.5) is 0 Å². The van der Waals surface area contributed by atoms with E-state index in [0.29, 0.717) is 25.6 Å². The van der Waals surface area contributed by atoms with Gasteiger partial charge in [-0.25, -0.2) is 0 Å². The zero-order chi connectivity index (χ0) is 13.0. The molecule has 0 aromatic rings. The summed E-state index contributed by atoms with van der Waals surface area (Å²) < 4.78 is 11.4. The Labute approximate surface area is 109 Å². The van der Waals surface area contributed by atoms with E-state index in [-0.39, 0.29) is 5.91 Å². The molecule has 0 aromatic heterocycles. The normalized spacial score (nSPS) is 27.2. The molecule has 0 saturated carbocycles. The van der Waals surface area contributed by atoms with Gasteiger partial charge >= 0.3 is 0 Å². The molecule has 0 aromatic carbocycles. The first-order valence-electron chi connectivity index (χ1n) is 6.82. The van der Waals surface area contributed by atoms with E-state index in [4.69, 9.17) is 9.47 Å². The summed E-state index contributed by atoms with van der Waals surface area (Å²) in [5.41, 5.74) is 0. The van der Waals surface area contributed by atoms with Crippen molar-refractivity contribution in [1.29, 1.82) is 0 Å². The van der Waals surface area contributed by atoms with Gasteiger partial charge < -0.3 is 14.4 Å². The van der Waals surface area contributed by atoms with Crippen molar-refractivity contribution >= 4 is 5.91 Å². The van der Waals surface area contributed by atoms with E-state index in [1.165, 1.54) is 0 Å². The van der Waals surface area contributed by atoms with E-state index >= 15 is 0 Å². The highest BCUT2D eigenvalue weighted by Crippen LogP contribution is 2.34. The lowest BCUT2D eigenvalue weighted by Gasteiger charge is -2.40. The molecule has 18 heavy (non-hydrogen) atoms. The van der Waals surface area contributed by atoms with Gasteiger partial charge in [0.05, 0.1) is 13.2 Å². The third-order valence-electron chi connectivity index (χ3n) is 3.94. The number of rotatable bonds is 4. The molecular formula is C14H23NO3. The van der Waals surface area contributed by atoms with Crippen molar-refractivity contribution in [3.05, 3.63) is 12.7 Å². The van der Waals surface area contributed by atoms with Crippen LogP contribution in [-0.4, -0.2) is 42.9 Å². The summed E-state index contributed by atoms with van der Waals surface area (Å²) in [5.74, 6) is 0.0276. The largest absolute Gasteiger partial charge is 0.347 e. The summed E-state index contributed by atoms with van der Waals surface area (Å²) in [6, 6.07) is 0. The van der Waals surface area contributed by atoms with E-state index < -0.39 is 5.79 Å². The Balaban J connectivity index is 1.91. The number of amides is 1. The number of carbonyl (C=O) groups is 1. The fraction of sp³-hybridized carbons (Fsp3) is 0.786. The van der Waals surface area contributed by atoms with Crippen LogP contribution in [0.1, 0.15) is 32.6 Å². The number of piperidine rings is 1. The van der Waals surface area contributed by atoms with E-state index in [2.05, 4.69) is 6.58 Å². The van der Waals surface area contributed by atoms with E-state index in [0.717, 1.165) is 32.4 Å². The Morgan fingerprint density at radius 3 is 2.89 bits per heavy atom. The second-order valence-corrected chi connectivity index (χ2v) is 5.22. The fourth-order valence-corrected chi connectivity index (χ4v) is 2.78. The van der Waals surface area contributed by atoms with Crippen LogP contribution < -0.4 is 0 Å². The Morgan fingerprint density at radius 2 is 2.22 bits per heavy atom. The summed E-state index contributed by atoms with van der Waals surface area (Å²) in [6.45, 7) is 8.61. The van der Waals surface area contributed by atoms with E-state index in [1.54, 1.807) is 6.08 Å². The SMILES string of the molecule is C=CCCC(=O)N1CCCC(C2(C)OCCO2)C1. The standard InChI is InChI=1S/C14H23NO3/c1-3-4-7-13(16)15-8-5-6-12(11-15)14(2)17-9-10-18-14/h3,12H,1,4-11H2,2H3. The molecule has 2 rings (SSSR count). The molecule has 0 N–H and O–H groups in total.